The molecule has 124 valence electrons. The Morgan fingerprint density at radius 2 is 1.71 bits per heavy atom. The lowest BCUT2D eigenvalue weighted by molar-refractivity contribution is -0.148. The Bertz CT molecular complexity index is 740. The first-order valence-electron chi connectivity index (χ1n) is 7.15. The van der Waals surface area contributed by atoms with Crippen molar-refractivity contribution in [2.24, 2.45) is 0 Å². The van der Waals surface area contributed by atoms with Gasteiger partial charge in [-0.05, 0) is 36.8 Å². The van der Waals surface area contributed by atoms with Crippen LogP contribution in [0.5, 0.6) is 0 Å². The molecular weight excluding hydrogens is 349 g/mol. The molecule has 4 nitrogen and oxygen atoms in total. The predicted molar refractivity (Wildman–Crippen MR) is 96.1 cm³/mol. The Labute approximate surface area is 150 Å². The number of halogens is 2. The molecule has 0 aliphatic carbocycles. The van der Waals surface area contributed by atoms with E-state index >= 15 is 0 Å². The number of rotatable bonds is 5. The van der Waals surface area contributed by atoms with Gasteiger partial charge in [0.15, 0.2) is 6.10 Å². The molecular formula is C18H15Cl2NO3. The molecule has 1 atom stereocenters. The molecule has 0 saturated heterocycles. The zero-order chi connectivity index (χ0) is 17.5. The Hall–Kier alpha value is -2.30. The van der Waals surface area contributed by atoms with Gasteiger partial charge in [-0.1, -0.05) is 53.5 Å². The first-order chi connectivity index (χ1) is 11.4. The maximum absolute atomic E-state index is 12.0. The Morgan fingerprint density at radius 1 is 1.08 bits per heavy atom. The second-order valence-corrected chi connectivity index (χ2v) is 5.84. The summed E-state index contributed by atoms with van der Waals surface area (Å²) in [4.78, 5) is 23.8. The van der Waals surface area contributed by atoms with Crippen molar-refractivity contribution >= 4 is 46.8 Å². The third-order valence-corrected chi connectivity index (χ3v) is 3.44. The van der Waals surface area contributed by atoms with Crippen LogP contribution in [-0.4, -0.2) is 18.0 Å². The molecule has 0 spiro atoms. The van der Waals surface area contributed by atoms with Crippen molar-refractivity contribution in [2.45, 2.75) is 13.0 Å². The van der Waals surface area contributed by atoms with E-state index in [0.717, 1.165) is 5.56 Å². The van der Waals surface area contributed by atoms with Gasteiger partial charge >= 0.3 is 5.97 Å². The molecule has 0 radical (unpaired) electrons. The molecule has 0 unspecified atom stereocenters. The number of nitrogens with one attached hydrogen (secondary N) is 1. The van der Waals surface area contributed by atoms with Crippen LogP contribution in [0.15, 0.2) is 54.6 Å². The minimum Gasteiger partial charge on any atom is -0.449 e. The summed E-state index contributed by atoms with van der Waals surface area (Å²) in [6, 6.07) is 13.9. The van der Waals surface area contributed by atoms with Crippen LogP contribution >= 0.6 is 23.2 Å². The second-order valence-electron chi connectivity index (χ2n) is 4.97. The number of anilines is 1. The molecule has 1 amide bonds. The number of amides is 1. The summed E-state index contributed by atoms with van der Waals surface area (Å²) in [7, 11) is 0. The molecule has 2 rings (SSSR count). The van der Waals surface area contributed by atoms with Crippen molar-refractivity contribution in [3.63, 3.8) is 0 Å². The topological polar surface area (TPSA) is 55.4 Å². The van der Waals surface area contributed by atoms with E-state index in [0.29, 0.717) is 15.7 Å². The van der Waals surface area contributed by atoms with Crippen molar-refractivity contribution in [2.75, 3.05) is 5.32 Å². The SMILES string of the molecule is C[C@@H](OC(=O)/C=C/c1ccccc1)C(=O)Nc1cc(Cl)cc(Cl)c1. The van der Waals surface area contributed by atoms with Crippen molar-refractivity contribution < 1.29 is 14.3 Å². The monoisotopic (exact) mass is 363 g/mol. The third-order valence-electron chi connectivity index (χ3n) is 3.00. The van der Waals surface area contributed by atoms with E-state index in [4.69, 9.17) is 27.9 Å². The van der Waals surface area contributed by atoms with Gasteiger partial charge in [0.1, 0.15) is 0 Å². The lowest BCUT2D eigenvalue weighted by Crippen LogP contribution is -2.29. The zero-order valence-corrected chi connectivity index (χ0v) is 14.3. The average molecular weight is 364 g/mol. The van der Waals surface area contributed by atoms with Gasteiger partial charge in [-0.15, -0.1) is 0 Å². The quantitative estimate of drug-likeness (QED) is 0.624. The highest BCUT2D eigenvalue weighted by Crippen LogP contribution is 2.22. The molecule has 0 aromatic heterocycles. The van der Waals surface area contributed by atoms with Crippen molar-refractivity contribution in [1.29, 1.82) is 0 Å². The third kappa shape index (κ3) is 5.72. The molecule has 2 aromatic rings. The van der Waals surface area contributed by atoms with Crippen LogP contribution < -0.4 is 5.32 Å². The number of carbonyl (C=O) groups excluding carboxylic acids is 2. The van der Waals surface area contributed by atoms with Gasteiger partial charge in [0.2, 0.25) is 0 Å². The highest BCUT2D eigenvalue weighted by atomic mass is 35.5. The number of esters is 1. The Morgan fingerprint density at radius 3 is 2.33 bits per heavy atom. The van der Waals surface area contributed by atoms with Crippen LogP contribution in [0.3, 0.4) is 0 Å². The summed E-state index contributed by atoms with van der Waals surface area (Å²) in [5.41, 5.74) is 1.29. The molecule has 0 heterocycles. The van der Waals surface area contributed by atoms with Gasteiger partial charge < -0.3 is 10.1 Å². The van der Waals surface area contributed by atoms with Gasteiger partial charge in [-0.3, -0.25) is 4.79 Å². The summed E-state index contributed by atoms with van der Waals surface area (Å²) in [6.07, 6.45) is 1.93. The highest BCUT2D eigenvalue weighted by molar-refractivity contribution is 6.35. The smallest absolute Gasteiger partial charge is 0.331 e. The van der Waals surface area contributed by atoms with E-state index in [9.17, 15) is 9.59 Å². The van der Waals surface area contributed by atoms with Gasteiger partial charge in [0, 0.05) is 21.8 Å². The van der Waals surface area contributed by atoms with E-state index in [1.807, 2.05) is 30.3 Å². The van der Waals surface area contributed by atoms with Gasteiger partial charge in [0.25, 0.3) is 5.91 Å². The largest absolute Gasteiger partial charge is 0.449 e. The van der Waals surface area contributed by atoms with Crippen LogP contribution in [0.4, 0.5) is 5.69 Å². The van der Waals surface area contributed by atoms with E-state index in [1.165, 1.54) is 13.0 Å². The fourth-order valence-corrected chi connectivity index (χ4v) is 2.39. The molecule has 0 bridgehead atoms. The summed E-state index contributed by atoms with van der Waals surface area (Å²) >= 11 is 11.7. The summed E-state index contributed by atoms with van der Waals surface area (Å²) in [5.74, 6) is -1.08. The first-order valence-corrected chi connectivity index (χ1v) is 7.90. The minimum absolute atomic E-state index is 0.397. The molecule has 0 saturated carbocycles. The molecule has 24 heavy (non-hydrogen) atoms. The summed E-state index contributed by atoms with van der Waals surface area (Å²) in [6.45, 7) is 1.48. The fraction of sp³-hybridized carbons (Fsp3) is 0.111. The highest BCUT2D eigenvalue weighted by Gasteiger charge is 2.17. The zero-order valence-electron chi connectivity index (χ0n) is 12.8. The minimum atomic E-state index is -0.962. The average Bonchev–Trinajstić information content (AvgIpc) is 2.53. The van der Waals surface area contributed by atoms with Crippen LogP contribution in [0.2, 0.25) is 10.0 Å². The lowest BCUT2D eigenvalue weighted by atomic mass is 10.2. The lowest BCUT2D eigenvalue weighted by Gasteiger charge is -2.12. The molecule has 0 aliphatic rings. The van der Waals surface area contributed by atoms with E-state index in [1.54, 1.807) is 24.3 Å². The van der Waals surface area contributed by atoms with E-state index < -0.39 is 18.0 Å². The van der Waals surface area contributed by atoms with Gasteiger partial charge in [-0.2, -0.15) is 0 Å². The van der Waals surface area contributed by atoms with Crippen LogP contribution in [0, 0.1) is 0 Å². The van der Waals surface area contributed by atoms with Crippen LogP contribution in [-0.2, 0) is 14.3 Å². The number of ether oxygens (including phenoxy) is 1. The number of hydrogen-bond donors (Lipinski definition) is 1. The summed E-state index contributed by atoms with van der Waals surface area (Å²) < 4.78 is 5.06. The standard InChI is InChI=1S/C18H15Cl2NO3/c1-12(18(23)21-16-10-14(19)9-15(20)11-16)24-17(22)8-7-13-5-3-2-4-6-13/h2-12H,1H3,(H,21,23)/b8-7+/t12-/m1/s1. The van der Waals surface area contributed by atoms with Crippen molar-refractivity contribution in [1.82, 2.24) is 0 Å². The van der Waals surface area contributed by atoms with E-state index in [2.05, 4.69) is 5.32 Å². The molecule has 6 heteroatoms. The number of carbonyl (C=O) groups is 2. The normalized spacial score (nSPS) is 12.0. The van der Waals surface area contributed by atoms with Crippen LogP contribution in [0.25, 0.3) is 6.08 Å². The summed E-state index contributed by atoms with van der Waals surface area (Å²) in [5, 5.41) is 3.39. The van der Waals surface area contributed by atoms with Crippen LogP contribution in [0.1, 0.15) is 12.5 Å². The maximum atomic E-state index is 12.0. The van der Waals surface area contributed by atoms with Crippen molar-refractivity contribution in [3.05, 3.63) is 70.2 Å². The number of benzene rings is 2. The maximum Gasteiger partial charge on any atom is 0.331 e. The molecule has 0 aliphatic heterocycles. The van der Waals surface area contributed by atoms with Crippen molar-refractivity contribution in [3.8, 4) is 0 Å². The predicted octanol–water partition coefficient (Wildman–Crippen LogP) is 4.58. The second kappa shape index (κ2) is 8.52. The number of hydrogen-bond acceptors (Lipinski definition) is 3. The van der Waals surface area contributed by atoms with Gasteiger partial charge in [0.05, 0.1) is 0 Å². The van der Waals surface area contributed by atoms with Gasteiger partial charge in [-0.25, -0.2) is 4.79 Å². The molecule has 0 fully saturated rings. The molecule has 1 N–H and O–H groups in total. The Kier molecular flexibility index (Phi) is 6.41. The molecule has 2 aromatic carbocycles. The Balaban J connectivity index is 1.91. The van der Waals surface area contributed by atoms with E-state index in [-0.39, 0.29) is 0 Å². The first kappa shape index (κ1) is 18.0. The fourth-order valence-electron chi connectivity index (χ4n) is 1.87.